The first-order valence-corrected chi connectivity index (χ1v) is 7.63. The lowest BCUT2D eigenvalue weighted by atomic mass is 10.1. The molecule has 0 fully saturated rings. The Morgan fingerprint density at radius 1 is 1.25 bits per heavy atom. The van der Waals surface area contributed by atoms with Crippen LogP contribution in [-0.2, 0) is 0 Å². The molecule has 2 aromatic carbocycles. The van der Waals surface area contributed by atoms with E-state index in [1.165, 1.54) is 31.0 Å². The smallest absolute Gasteiger partial charge is 0.176 e. The van der Waals surface area contributed by atoms with E-state index in [2.05, 4.69) is 15.9 Å². The van der Waals surface area contributed by atoms with Crippen molar-refractivity contribution in [3.63, 3.8) is 0 Å². The van der Waals surface area contributed by atoms with Crippen LogP contribution in [-0.4, -0.2) is 18.6 Å². The molecule has 0 unspecified atom stereocenters. The molecule has 5 heteroatoms. The van der Waals surface area contributed by atoms with Gasteiger partial charge in [0.15, 0.2) is 5.78 Å². The Labute approximate surface area is 129 Å². The second kappa shape index (κ2) is 6.90. The first-order chi connectivity index (χ1) is 9.60. The van der Waals surface area contributed by atoms with Crippen LogP contribution in [0.25, 0.3) is 0 Å². The average molecular weight is 355 g/mol. The predicted octanol–water partition coefficient (Wildman–Crippen LogP) is 4.57. The molecule has 0 amide bonds. The van der Waals surface area contributed by atoms with E-state index in [4.69, 9.17) is 4.74 Å². The summed E-state index contributed by atoms with van der Waals surface area (Å²) in [4.78, 5) is 13.0. The Balaban J connectivity index is 2.03. The molecule has 0 radical (unpaired) electrons. The van der Waals surface area contributed by atoms with Gasteiger partial charge in [0, 0.05) is 15.4 Å². The molecule has 2 nitrogen and oxygen atoms in total. The summed E-state index contributed by atoms with van der Waals surface area (Å²) in [6.07, 6.45) is 0. The number of hydrogen-bond acceptors (Lipinski definition) is 3. The largest absolute Gasteiger partial charge is 0.497 e. The van der Waals surface area contributed by atoms with Gasteiger partial charge in [-0.15, -0.1) is 11.8 Å². The van der Waals surface area contributed by atoms with Crippen LogP contribution in [0.2, 0.25) is 0 Å². The quantitative estimate of drug-likeness (QED) is 0.581. The van der Waals surface area contributed by atoms with Gasteiger partial charge in [-0.05, 0) is 36.4 Å². The highest BCUT2D eigenvalue weighted by Gasteiger charge is 2.13. The van der Waals surface area contributed by atoms with Crippen LogP contribution < -0.4 is 4.74 Å². The number of Topliss-reactive ketones (excluding diaryl/α,β-unsaturated/α-hetero) is 1. The molecule has 0 aromatic heterocycles. The molecular weight excluding hydrogens is 343 g/mol. The Morgan fingerprint density at radius 2 is 1.95 bits per heavy atom. The fourth-order valence-electron chi connectivity index (χ4n) is 1.61. The summed E-state index contributed by atoms with van der Waals surface area (Å²) < 4.78 is 19.6. The summed E-state index contributed by atoms with van der Waals surface area (Å²) >= 11 is 4.73. The number of benzene rings is 2. The summed E-state index contributed by atoms with van der Waals surface area (Å²) in [6.45, 7) is 0. The third kappa shape index (κ3) is 3.84. The lowest BCUT2D eigenvalue weighted by Crippen LogP contribution is -2.05. The molecule has 104 valence electrons. The van der Waals surface area contributed by atoms with Gasteiger partial charge in [-0.1, -0.05) is 15.9 Å². The number of ketones is 1. The second-order valence-electron chi connectivity index (χ2n) is 4.01. The molecule has 0 bridgehead atoms. The number of methoxy groups -OCH3 is 1. The fourth-order valence-corrected chi connectivity index (χ4v) is 2.65. The molecule has 0 atom stereocenters. The molecule has 20 heavy (non-hydrogen) atoms. The fraction of sp³-hybridized carbons (Fsp3) is 0.133. The summed E-state index contributed by atoms with van der Waals surface area (Å²) in [5.41, 5.74) is 0.0930. The summed E-state index contributed by atoms with van der Waals surface area (Å²) in [5.74, 6) is -0.186. The van der Waals surface area contributed by atoms with E-state index in [1.807, 2.05) is 24.3 Å². The molecule has 0 aliphatic heterocycles. The number of carbonyl (C=O) groups excluding carboxylic acids is 1. The highest BCUT2D eigenvalue weighted by molar-refractivity contribution is 9.10. The maximum absolute atomic E-state index is 13.7. The summed E-state index contributed by atoms with van der Waals surface area (Å²) in [6, 6.07) is 11.9. The SMILES string of the molecule is COc1ccc(C(=O)CSc2ccc(Br)cc2)c(F)c1. The predicted molar refractivity (Wildman–Crippen MR) is 82.1 cm³/mol. The van der Waals surface area contributed by atoms with Crippen molar-refractivity contribution in [3.8, 4) is 5.75 Å². The molecule has 0 spiro atoms. The maximum Gasteiger partial charge on any atom is 0.176 e. The van der Waals surface area contributed by atoms with Gasteiger partial charge in [0.25, 0.3) is 0 Å². The zero-order valence-electron chi connectivity index (χ0n) is 10.7. The normalized spacial score (nSPS) is 10.3. The molecule has 0 N–H and O–H groups in total. The topological polar surface area (TPSA) is 26.3 Å². The van der Waals surface area contributed by atoms with E-state index in [0.29, 0.717) is 5.75 Å². The number of carbonyl (C=O) groups is 1. The van der Waals surface area contributed by atoms with Crippen molar-refractivity contribution >= 4 is 33.5 Å². The van der Waals surface area contributed by atoms with Gasteiger partial charge in [-0.25, -0.2) is 4.39 Å². The number of ether oxygens (including phenoxy) is 1. The first kappa shape index (κ1) is 15.1. The van der Waals surface area contributed by atoms with Crippen LogP contribution in [0.3, 0.4) is 0 Å². The van der Waals surface area contributed by atoms with E-state index in [9.17, 15) is 9.18 Å². The number of hydrogen-bond donors (Lipinski definition) is 0. The monoisotopic (exact) mass is 354 g/mol. The first-order valence-electron chi connectivity index (χ1n) is 5.85. The molecule has 0 aliphatic carbocycles. The lowest BCUT2D eigenvalue weighted by molar-refractivity contribution is 0.101. The van der Waals surface area contributed by atoms with Gasteiger partial charge in [-0.3, -0.25) is 4.79 Å². The summed E-state index contributed by atoms with van der Waals surface area (Å²) in [5, 5.41) is 0. The van der Waals surface area contributed by atoms with Crippen LogP contribution in [0.1, 0.15) is 10.4 Å². The molecule has 0 heterocycles. The van der Waals surface area contributed by atoms with Crippen LogP contribution in [0.5, 0.6) is 5.75 Å². The minimum Gasteiger partial charge on any atom is -0.497 e. The van der Waals surface area contributed by atoms with Crippen LogP contribution in [0.15, 0.2) is 51.8 Å². The van der Waals surface area contributed by atoms with Crippen molar-refractivity contribution in [3.05, 3.63) is 58.3 Å². The highest BCUT2D eigenvalue weighted by atomic mass is 79.9. The van der Waals surface area contributed by atoms with E-state index in [1.54, 1.807) is 6.07 Å². The molecular formula is C15H12BrFO2S. The second-order valence-corrected chi connectivity index (χ2v) is 5.98. The lowest BCUT2D eigenvalue weighted by Gasteiger charge is -2.05. The Bertz CT molecular complexity index is 614. The Kier molecular flexibility index (Phi) is 5.20. The zero-order chi connectivity index (χ0) is 14.5. The van der Waals surface area contributed by atoms with Gasteiger partial charge in [0.2, 0.25) is 0 Å². The van der Waals surface area contributed by atoms with Crippen molar-refractivity contribution in [2.45, 2.75) is 4.90 Å². The maximum atomic E-state index is 13.7. The van der Waals surface area contributed by atoms with Crippen LogP contribution in [0.4, 0.5) is 4.39 Å². The van der Waals surface area contributed by atoms with Gasteiger partial charge in [0.05, 0.1) is 18.4 Å². The van der Waals surface area contributed by atoms with Gasteiger partial charge in [-0.2, -0.15) is 0 Å². The van der Waals surface area contributed by atoms with Crippen LogP contribution in [0, 0.1) is 5.82 Å². The molecule has 2 rings (SSSR count). The van der Waals surface area contributed by atoms with E-state index >= 15 is 0 Å². The van der Waals surface area contributed by atoms with Crippen molar-refractivity contribution in [2.75, 3.05) is 12.9 Å². The number of halogens is 2. The van der Waals surface area contributed by atoms with Gasteiger partial charge >= 0.3 is 0 Å². The average Bonchev–Trinajstić information content (AvgIpc) is 2.46. The zero-order valence-corrected chi connectivity index (χ0v) is 13.1. The van der Waals surface area contributed by atoms with Crippen molar-refractivity contribution < 1.29 is 13.9 Å². The minimum absolute atomic E-state index is 0.0930. The number of thioether (sulfide) groups is 1. The van der Waals surface area contributed by atoms with E-state index in [-0.39, 0.29) is 17.1 Å². The highest BCUT2D eigenvalue weighted by Crippen LogP contribution is 2.23. The van der Waals surface area contributed by atoms with Crippen molar-refractivity contribution in [1.29, 1.82) is 0 Å². The van der Waals surface area contributed by atoms with Crippen LogP contribution >= 0.6 is 27.7 Å². The van der Waals surface area contributed by atoms with E-state index in [0.717, 1.165) is 9.37 Å². The van der Waals surface area contributed by atoms with Gasteiger partial charge < -0.3 is 4.74 Å². The third-order valence-electron chi connectivity index (χ3n) is 2.66. The summed E-state index contributed by atoms with van der Waals surface area (Å²) in [7, 11) is 1.46. The standard InChI is InChI=1S/C15H12BrFO2S/c1-19-11-4-7-13(14(17)8-11)15(18)9-20-12-5-2-10(16)3-6-12/h2-8H,9H2,1H3. The Morgan fingerprint density at radius 3 is 2.55 bits per heavy atom. The molecule has 0 saturated carbocycles. The van der Waals surface area contributed by atoms with E-state index < -0.39 is 5.82 Å². The number of rotatable bonds is 5. The van der Waals surface area contributed by atoms with Crippen molar-refractivity contribution in [2.24, 2.45) is 0 Å². The third-order valence-corrected chi connectivity index (χ3v) is 4.20. The minimum atomic E-state index is -0.550. The molecule has 2 aromatic rings. The van der Waals surface area contributed by atoms with Gasteiger partial charge in [0.1, 0.15) is 11.6 Å². The Hall–Kier alpha value is -1.33. The van der Waals surface area contributed by atoms with Crippen molar-refractivity contribution in [1.82, 2.24) is 0 Å². The molecule has 0 aliphatic rings. The molecule has 0 saturated heterocycles.